The van der Waals surface area contributed by atoms with Crippen molar-refractivity contribution in [3.05, 3.63) is 167 Å². The van der Waals surface area contributed by atoms with Crippen LogP contribution in [0.25, 0.3) is 40.5 Å². The van der Waals surface area contributed by atoms with E-state index in [1.165, 1.54) is 52.6 Å². The number of rotatable bonds is 20. The summed E-state index contributed by atoms with van der Waals surface area (Å²) in [6.45, 7) is 23.4. The molecule has 6 aromatic carbocycles. The molecule has 0 amide bonds. The van der Waals surface area contributed by atoms with E-state index in [-0.39, 0.29) is 10.8 Å². The second kappa shape index (κ2) is 22.4. The van der Waals surface area contributed by atoms with Crippen LogP contribution < -0.4 is 14.4 Å². The van der Waals surface area contributed by atoms with Crippen molar-refractivity contribution in [1.82, 2.24) is 0 Å². The first-order chi connectivity index (χ1) is 31.1. The zero-order valence-corrected chi connectivity index (χ0v) is 41.4. The van der Waals surface area contributed by atoms with Gasteiger partial charge in [0, 0.05) is 28.2 Å². The van der Waals surface area contributed by atoms with Crippen molar-refractivity contribution in [3.63, 3.8) is 0 Å². The van der Waals surface area contributed by atoms with Gasteiger partial charge in [-0.3, -0.25) is 0 Å². The molecule has 6 rings (SSSR count). The fourth-order valence-corrected chi connectivity index (χ4v) is 8.47. The van der Waals surface area contributed by atoms with Gasteiger partial charge in [0.1, 0.15) is 11.5 Å². The van der Waals surface area contributed by atoms with Crippen LogP contribution in [0.4, 0.5) is 17.1 Å². The van der Waals surface area contributed by atoms with Crippen molar-refractivity contribution >= 4 is 35.3 Å². The SMILES string of the molecule is CCCC(C)(C)C=Cc1cc(OC)c(C=Cc2ccc(-c3ccc(N(c4ccc(C)cc4)c4ccc(-c5ccc(C(C)(C)C)cc5)cc4)cc3)cc2)cc1OCCC(C)CCCC(C)C. The van der Waals surface area contributed by atoms with Crippen LogP contribution in [-0.4, -0.2) is 13.7 Å². The molecular weight excluding hydrogens is 791 g/mol. The third-order valence-corrected chi connectivity index (χ3v) is 12.6. The molecular formula is C62H75NO2. The van der Waals surface area contributed by atoms with E-state index < -0.39 is 0 Å². The lowest BCUT2D eigenvalue weighted by Crippen LogP contribution is -2.10. The number of benzene rings is 6. The fraction of sp³-hybridized carbons (Fsp3) is 0.355. The first kappa shape index (κ1) is 48.7. The lowest BCUT2D eigenvalue weighted by Gasteiger charge is -2.26. The van der Waals surface area contributed by atoms with Gasteiger partial charge < -0.3 is 14.4 Å². The third-order valence-electron chi connectivity index (χ3n) is 12.6. The van der Waals surface area contributed by atoms with Crippen molar-refractivity contribution in [1.29, 1.82) is 0 Å². The molecule has 340 valence electrons. The van der Waals surface area contributed by atoms with E-state index in [0.717, 1.165) is 70.4 Å². The first-order valence-electron chi connectivity index (χ1n) is 24.1. The summed E-state index contributed by atoms with van der Waals surface area (Å²) < 4.78 is 12.6. The standard InChI is InChI=1S/C62H75NO2/c1-12-40-62(9,10)41-38-54-43-59(64-11)53(44-60(54)65-42-39-46(4)15-13-14-45(2)3)23-20-48-18-21-49(22-19-48)51-26-34-57(35-27-51)63(56-32-16-47(5)17-33-56)58-36-28-52(29-37-58)50-24-30-55(31-25-50)61(6,7)8/h16-38,41,43-46H,12-15,39-40,42H2,1-11H3. The number of nitrogens with zero attached hydrogens (tertiary/aromatic N) is 1. The molecule has 0 aliphatic heterocycles. The van der Waals surface area contributed by atoms with Crippen LogP contribution in [-0.2, 0) is 5.41 Å². The second-order valence-corrected chi connectivity index (χ2v) is 20.3. The maximum Gasteiger partial charge on any atom is 0.127 e. The van der Waals surface area contributed by atoms with Crippen LogP contribution in [0.5, 0.6) is 11.5 Å². The minimum atomic E-state index is 0.103. The van der Waals surface area contributed by atoms with Gasteiger partial charge in [0.2, 0.25) is 0 Å². The number of anilines is 3. The van der Waals surface area contributed by atoms with E-state index in [1.807, 2.05) is 0 Å². The predicted molar refractivity (Wildman–Crippen MR) is 283 cm³/mol. The molecule has 0 spiro atoms. The Labute approximate surface area is 393 Å². The van der Waals surface area contributed by atoms with E-state index in [4.69, 9.17) is 9.47 Å². The van der Waals surface area contributed by atoms with Crippen molar-refractivity contribution in [2.75, 3.05) is 18.6 Å². The van der Waals surface area contributed by atoms with Gasteiger partial charge in [-0.1, -0.05) is 203 Å². The topological polar surface area (TPSA) is 21.7 Å². The zero-order valence-electron chi connectivity index (χ0n) is 41.4. The van der Waals surface area contributed by atoms with E-state index in [0.29, 0.717) is 12.5 Å². The molecule has 3 heteroatoms. The highest BCUT2D eigenvalue weighted by atomic mass is 16.5. The molecule has 0 aliphatic carbocycles. The summed E-state index contributed by atoms with van der Waals surface area (Å²) in [5.74, 6) is 3.13. The Morgan fingerprint density at radius 2 is 1.06 bits per heavy atom. The van der Waals surface area contributed by atoms with Crippen LogP contribution in [0, 0.1) is 24.2 Å². The predicted octanol–water partition coefficient (Wildman–Crippen LogP) is 18.3. The molecule has 0 bridgehead atoms. The molecule has 6 aromatic rings. The number of ether oxygens (including phenoxy) is 2. The van der Waals surface area contributed by atoms with Gasteiger partial charge in [-0.05, 0) is 124 Å². The van der Waals surface area contributed by atoms with Gasteiger partial charge in [0.15, 0.2) is 0 Å². The monoisotopic (exact) mass is 866 g/mol. The van der Waals surface area contributed by atoms with Crippen LogP contribution in [0.3, 0.4) is 0 Å². The number of hydrogen-bond acceptors (Lipinski definition) is 3. The fourth-order valence-electron chi connectivity index (χ4n) is 8.47. The Bertz CT molecular complexity index is 2440. The van der Waals surface area contributed by atoms with E-state index in [2.05, 4.69) is 232 Å². The summed E-state index contributed by atoms with van der Waals surface area (Å²) in [6, 6.07) is 48.7. The maximum atomic E-state index is 6.58. The Kier molecular flexibility index (Phi) is 16.8. The molecule has 0 N–H and O–H groups in total. The van der Waals surface area contributed by atoms with E-state index in [9.17, 15) is 0 Å². The molecule has 0 heterocycles. The lowest BCUT2D eigenvalue weighted by molar-refractivity contribution is 0.275. The minimum absolute atomic E-state index is 0.103. The van der Waals surface area contributed by atoms with Crippen LogP contribution >= 0.6 is 0 Å². The Hall–Kier alpha value is -5.80. The first-order valence-corrected chi connectivity index (χ1v) is 24.1. The van der Waals surface area contributed by atoms with Crippen molar-refractivity contribution in [2.24, 2.45) is 17.3 Å². The highest BCUT2D eigenvalue weighted by molar-refractivity contribution is 5.81. The van der Waals surface area contributed by atoms with Crippen molar-refractivity contribution in [3.8, 4) is 33.8 Å². The minimum Gasteiger partial charge on any atom is -0.496 e. The Morgan fingerprint density at radius 1 is 0.569 bits per heavy atom. The van der Waals surface area contributed by atoms with Gasteiger partial charge >= 0.3 is 0 Å². The lowest BCUT2D eigenvalue weighted by atomic mass is 9.86. The Morgan fingerprint density at radius 3 is 1.57 bits per heavy atom. The van der Waals surface area contributed by atoms with Crippen molar-refractivity contribution in [2.45, 2.75) is 113 Å². The van der Waals surface area contributed by atoms with E-state index >= 15 is 0 Å². The average molecular weight is 866 g/mol. The normalized spacial score (nSPS) is 12.6. The molecule has 0 saturated heterocycles. The van der Waals surface area contributed by atoms with Crippen LogP contribution in [0.15, 0.2) is 140 Å². The highest BCUT2D eigenvalue weighted by Crippen LogP contribution is 2.38. The molecule has 0 aliphatic rings. The summed E-state index contributed by atoms with van der Waals surface area (Å²) in [6.07, 6.45) is 16.0. The molecule has 0 radical (unpaired) electrons. The molecule has 3 nitrogen and oxygen atoms in total. The molecule has 1 atom stereocenters. The van der Waals surface area contributed by atoms with Crippen LogP contribution in [0.2, 0.25) is 0 Å². The summed E-state index contributed by atoms with van der Waals surface area (Å²) >= 11 is 0. The number of allylic oxidation sites excluding steroid dienone is 1. The molecule has 0 fully saturated rings. The van der Waals surface area contributed by atoms with Crippen LogP contribution in [0.1, 0.15) is 129 Å². The smallest absolute Gasteiger partial charge is 0.127 e. The zero-order chi connectivity index (χ0) is 46.6. The van der Waals surface area contributed by atoms with Crippen molar-refractivity contribution < 1.29 is 9.47 Å². The summed E-state index contributed by atoms with van der Waals surface area (Å²) in [5, 5.41) is 0. The summed E-state index contributed by atoms with van der Waals surface area (Å²) in [7, 11) is 1.75. The molecule has 0 aromatic heterocycles. The van der Waals surface area contributed by atoms with Gasteiger partial charge in [-0.2, -0.15) is 0 Å². The van der Waals surface area contributed by atoms with E-state index in [1.54, 1.807) is 7.11 Å². The van der Waals surface area contributed by atoms with Gasteiger partial charge in [-0.25, -0.2) is 0 Å². The highest BCUT2D eigenvalue weighted by Gasteiger charge is 2.17. The molecule has 0 saturated carbocycles. The number of methoxy groups -OCH3 is 1. The third kappa shape index (κ3) is 13.9. The van der Waals surface area contributed by atoms with Gasteiger partial charge in [0.25, 0.3) is 0 Å². The maximum absolute atomic E-state index is 6.58. The Balaban J connectivity index is 1.20. The van der Waals surface area contributed by atoms with Gasteiger partial charge in [0.05, 0.1) is 13.7 Å². The second-order valence-electron chi connectivity index (χ2n) is 20.3. The summed E-state index contributed by atoms with van der Waals surface area (Å²) in [4.78, 5) is 2.33. The molecule has 1 unspecified atom stereocenters. The van der Waals surface area contributed by atoms with Gasteiger partial charge in [-0.15, -0.1) is 0 Å². The quantitative estimate of drug-likeness (QED) is 0.0714. The number of hydrogen-bond donors (Lipinski definition) is 0. The number of aryl methyl sites for hydroxylation is 1. The summed E-state index contributed by atoms with van der Waals surface area (Å²) in [5.41, 5.74) is 14.1. The molecule has 65 heavy (non-hydrogen) atoms. The average Bonchev–Trinajstić information content (AvgIpc) is 3.29. The largest absolute Gasteiger partial charge is 0.496 e.